The Kier molecular flexibility index (Phi) is 4.62. The van der Waals surface area contributed by atoms with Crippen molar-refractivity contribution >= 4 is 23.2 Å². The highest BCUT2D eigenvalue weighted by Crippen LogP contribution is 2.36. The number of hydrogen-bond donors (Lipinski definition) is 2. The van der Waals surface area contributed by atoms with E-state index in [0.29, 0.717) is 24.4 Å². The van der Waals surface area contributed by atoms with E-state index in [-0.39, 0.29) is 23.9 Å². The molecule has 2 aromatic carbocycles. The van der Waals surface area contributed by atoms with Crippen molar-refractivity contribution < 1.29 is 14.3 Å². The molecule has 2 aliphatic heterocycles. The number of rotatable bonds is 4. The van der Waals surface area contributed by atoms with Crippen LogP contribution in [-0.2, 0) is 11.8 Å². The van der Waals surface area contributed by atoms with Gasteiger partial charge in [0.2, 0.25) is 5.91 Å². The molecule has 2 atom stereocenters. The summed E-state index contributed by atoms with van der Waals surface area (Å²) in [4.78, 5) is 27.6. The number of ether oxygens (including phenoxy) is 1. The lowest BCUT2D eigenvalue weighted by atomic mass is 10.1. The molecule has 3 heterocycles. The van der Waals surface area contributed by atoms with E-state index in [1.807, 2.05) is 48.5 Å². The number of aryl methyl sites for hydroxylation is 1. The van der Waals surface area contributed by atoms with E-state index in [9.17, 15) is 9.59 Å². The molecule has 2 unspecified atom stereocenters. The molecule has 31 heavy (non-hydrogen) atoms. The van der Waals surface area contributed by atoms with Crippen LogP contribution in [0.25, 0.3) is 11.3 Å². The van der Waals surface area contributed by atoms with Crippen molar-refractivity contribution in [2.24, 2.45) is 7.05 Å². The fourth-order valence-electron chi connectivity index (χ4n) is 4.36. The number of methoxy groups -OCH3 is 1. The van der Waals surface area contributed by atoms with Crippen LogP contribution in [0.1, 0.15) is 16.9 Å². The van der Waals surface area contributed by atoms with Crippen LogP contribution in [0.15, 0.2) is 54.6 Å². The van der Waals surface area contributed by atoms with E-state index in [4.69, 9.17) is 4.74 Å². The first-order valence-corrected chi connectivity index (χ1v) is 10.2. The third kappa shape index (κ3) is 3.39. The SMILES string of the molecule is COc1cccc(-c2cc(C(=O)NC3CC4C(=O)Nc5ccccc5N4C3)n(C)n2)c1. The van der Waals surface area contributed by atoms with Gasteiger partial charge >= 0.3 is 0 Å². The first-order valence-electron chi connectivity index (χ1n) is 10.2. The van der Waals surface area contributed by atoms with E-state index >= 15 is 0 Å². The van der Waals surface area contributed by atoms with Gasteiger partial charge in [0.05, 0.1) is 24.2 Å². The molecular formula is C23H23N5O3. The third-order valence-corrected chi connectivity index (χ3v) is 5.89. The van der Waals surface area contributed by atoms with Gasteiger partial charge in [-0.1, -0.05) is 24.3 Å². The third-order valence-electron chi connectivity index (χ3n) is 5.89. The molecule has 8 nitrogen and oxygen atoms in total. The molecular weight excluding hydrogens is 394 g/mol. The van der Waals surface area contributed by atoms with E-state index < -0.39 is 0 Å². The molecule has 1 aromatic heterocycles. The predicted octanol–water partition coefficient (Wildman–Crippen LogP) is 2.43. The van der Waals surface area contributed by atoms with E-state index in [1.54, 1.807) is 24.9 Å². The topological polar surface area (TPSA) is 88.5 Å². The minimum atomic E-state index is -0.279. The fourth-order valence-corrected chi connectivity index (χ4v) is 4.36. The van der Waals surface area contributed by atoms with Gasteiger partial charge in [-0.2, -0.15) is 5.10 Å². The highest BCUT2D eigenvalue weighted by Gasteiger charge is 2.41. The maximum atomic E-state index is 13.0. The number of carbonyl (C=O) groups is 2. The monoisotopic (exact) mass is 417 g/mol. The second-order valence-corrected chi connectivity index (χ2v) is 7.85. The average molecular weight is 417 g/mol. The van der Waals surface area contributed by atoms with Crippen molar-refractivity contribution in [1.82, 2.24) is 15.1 Å². The van der Waals surface area contributed by atoms with Gasteiger partial charge < -0.3 is 20.3 Å². The molecule has 0 saturated carbocycles. The Hall–Kier alpha value is -3.81. The van der Waals surface area contributed by atoms with Crippen LogP contribution in [-0.4, -0.2) is 47.3 Å². The summed E-state index contributed by atoms with van der Waals surface area (Å²) in [5.74, 6) is 0.495. The minimum absolute atomic E-state index is 0.0312. The number of benzene rings is 2. The molecule has 158 valence electrons. The Labute approximate surface area is 179 Å². The number of nitrogens with zero attached hydrogens (tertiary/aromatic N) is 3. The molecule has 3 aromatic rings. The molecule has 2 aliphatic rings. The maximum Gasteiger partial charge on any atom is 0.269 e. The summed E-state index contributed by atoms with van der Waals surface area (Å²) in [6.45, 7) is 0.585. The average Bonchev–Trinajstić information content (AvgIpc) is 3.38. The fraction of sp³-hybridized carbons (Fsp3) is 0.261. The summed E-state index contributed by atoms with van der Waals surface area (Å²) in [6.07, 6.45) is 0.562. The standard InChI is InChI=1S/C23H23N5O3/c1-27-20(12-18(26-27)14-6-5-7-16(10-14)31-2)22(29)24-15-11-21-23(30)25-17-8-3-4-9-19(17)28(21)13-15/h3-10,12,15,21H,11,13H2,1-2H3,(H,24,29)(H,25,30). The second kappa shape index (κ2) is 7.46. The molecule has 0 bridgehead atoms. The van der Waals surface area contributed by atoms with Gasteiger partial charge in [-0.15, -0.1) is 0 Å². The molecule has 1 saturated heterocycles. The summed E-state index contributed by atoms with van der Waals surface area (Å²) in [5, 5.41) is 10.5. The zero-order chi connectivity index (χ0) is 21.5. The second-order valence-electron chi connectivity index (χ2n) is 7.85. The summed E-state index contributed by atoms with van der Waals surface area (Å²) in [5.41, 5.74) is 3.84. The van der Waals surface area contributed by atoms with Crippen molar-refractivity contribution in [3.05, 3.63) is 60.3 Å². The molecule has 0 spiro atoms. The Morgan fingerprint density at radius 1 is 1.19 bits per heavy atom. The van der Waals surface area contributed by atoms with Crippen LogP contribution in [0.3, 0.4) is 0 Å². The first-order chi connectivity index (χ1) is 15.0. The van der Waals surface area contributed by atoms with Gasteiger partial charge in [-0.05, 0) is 36.8 Å². The van der Waals surface area contributed by atoms with E-state index in [1.165, 1.54) is 0 Å². The van der Waals surface area contributed by atoms with E-state index in [0.717, 1.165) is 22.7 Å². The van der Waals surface area contributed by atoms with Crippen molar-refractivity contribution in [2.75, 3.05) is 23.9 Å². The zero-order valence-electron chi connectivity index (χ0n) is 17.3. The molecule has 5 rings (SSSR count). The number of para-hydroxylation sites is 2. The zero-order valence-corrected chi connectivity index (χ0v) is 17.3. The summed E-state index contributed by atoms with van der Waals surface area (Å²) < 4.78 is 6.86. The molecule has 2 amide bonds. The number of carbonyl (C=O) groups excluding carboxylic acids is 2. The van der Waals surface area contributed by atoms with Crippen LogP contribution in [0.5, 0.6) is 5.75 Å². The smallest absolute Gasteiger partial charge is 0.269 e. The van der Waals surface area contributed by atoms with Gasteiger partial charge in [0.15, 0.2) is 0 Å². The summed E-state index contributed by atoms with van der Waals surface area (Å²) >= 11 is 0. The molecule has 0 aliphatic carbocycles. The van der Waals surface area contributed by atoms with Crippen molar-refractivity contribution in [1.29, 1.82) is 0 Å². The number of amides is 2. The lowest BCUT2D eigenvalue weighted by Crippen LogP contribution is -2.44. The minimum Gasteiger partial charge on any atom is -0.497 e. The van der Waals surface area contributed by atoms with Crippen LogP contribution in [0.4, 0.5) is 11.4 Å². The first kappa shape index (κ1) is 19.2. The van der Waals surface area contributed by atoms with Gasteiger partial charge in [-0.3, -0.25) is 14.3 Å². The van der Waals surface area contributed by atoms with Crippen LogP contribution < -0.4 is 20.3 Å². The normalized spacial score (nSPS) is 19.4. The molecule has 0 radical (unpaired) electrons. The lowest BCUT2D eigenvalue weighted by Gasteiger charge is -2.32. The molecule has 8 heteroatoms. The Bertz CT molecular complexity index is 1170. The Morgan fingerprint density at radius 3 is 2.87 bits per heavy atom. The number of hydrogen-bond acceptors (Lipinski definition) is 5. The highest BCUT2D eigenvalue weighted by molar-refractivity contribution is 6.04. The van der Waals surface area contributed by atoms with Crippen LogP contribution in [0, 0.1) is 0 Å². The summed E-state index contributed by atoms with van der Waals surface area (Å²) in [6, 6.07) is 16.7. The number of aromatic nitrogens is 2. The van der Waals surface area contributed by atoms with Crippen molar-refractivity contribution in [3.8, 4) is 17.0 Å². The Morgan fingerprint density at radius 2 is 2.03 bits per heavy atom. The van der Waals surface area contributed by atoms with Crippen molar-refractivity contribution in [2.45, 2.75) is 18.5 Å². The molecule has 1 fully saturated rings. The Balaban J connectivity index is 1.34. The number of fused-ring (bicyclic) bond motifs is 3. The van der Waals surface area contributed by atoms with Gasteiger partial charge in [-0.25, -0.2) is 0 Å². The van der Waals surface area contributed by atoms with Gasteiger partial charge in [0, 0.05) is 25.2 Å². The number of nitrogens with one attached hydrogen (secondary N) is 2. The lowest BCUT2D eigenvalue weighted by molar-refractivity contribution is -0.117. The highest BCUT2D eigenvalue weighted by atomic mass is 16.5. The maximum absolute atomic E-state index is 13.0. The summed E-state index contributed by atoms with van der Waals surface area (Å²) in [7, 11) is 3.37. The molecule has 2 N–H and O–H groups in total. The quantitative estimate of drug-likeness (QED) is 0.681. The predicted molar refractivity (Wildman–Crippen MR) is 117 cm³/mol. The largest absolute Gasteiger partial charge is 0.497 e. The van der Waals surface area contributed by atoms with E-state index in [2.05, 4.69) is 20.6 Å². The van der Waals surface area contributed by atoms with Gasteiger partial charge in [0.1, 0.15) is 17.5 Å². The number of anilines is 2. The van der Waals surface area contributed by atoms with Crippen LogP contribution in [0.2, 0.25) is 0 Å². The van der Waals surface area contributed by atoms with Gasteiger partial charge in [0.25, 0.3) is 5.91 Å². The van der Waals surface area contributed by atoms with Crippen LogP contribution >= 0.6 is 0 Å². The van der Waals surface area contributed by atoms with Crippen molar-refractivity contribution in [3.63, 3.8) is 0 Å².